The average Bonchev–Trinajstić information content (AvgIpc) is 3.04. The number of sulfonamides is 1. The van der Waals surface area contributed by atoms with Gasteiger partial charge in [-0.25, -0.2) is 18.5 Å². The number of nitro groups is 1. The van der Waals surface area contributed by atoms with Gasteiger partial charge in [-0.2, -0.15) is 0 Å². The van der Waals surface area contributed by atoms with Crippen LogP contribution < -0.4 is 10.5 Å². The van der Waals surface area contributed by atoms with Crippen molar-refractivity contribution in [2.75, 3.05) is 5.32 Å². The van der Waals surface area contributed by atoms with Crippen molar-refractivity contribution in [1.82, 2.24) is 9.55 Å². The van der Waals surface area contributed by atoms with Gasteiger partial charge in [0.05, 0.1) is 36.8 Å². The van der Waals surface area contributed by atoms with Crippen molar-refractivity contribution in [3.8, 4) is 0 Å². The van der Waals surface area contributed by atoms with E-state index in [-0.39, 0.29) is 27.2 Å². The van der Waals surface area contributed by atoms with Gasteiger partial charge in [-0.05, 0) is 38.1 Å². The summed E-state index contributed by atoms with van der Waals surface area (Å²) in [4.78, 5) is 27.3. The quantitative estimate of drug-likeness (QED) is 0.297. The lowest BCUT2D eigenvalue weighted by Crippen LogP contribution is -2.23. The van der Waals surface area contributed by atoms with Crippen LogP contribution in [0.4, 0.5) is 11.4 Å². The number of hydrogen-bond acceptors (Lipinski definition) is 7. The Kier molecular flexibility index (Phi) is 6.55. The molecule has 0 bridgehead atoms. The van der Waals surface area contributed by atoms with E-state index >= 15 is 0 Å². The van der Waals surface area contributed by atoms with E-state index in [1.807, 2.05) is 11.5 Å². The van der Waals surface area contributed by atoms with Gasteiger partial charge < -0.3 is 9.88 Å². The van der Waals surface area contributed by atoms with E-state index in [1.54, 1.807) is 13.0 Å². The number of fused-ring (bicyclic) bond motifs is 1. The Morgan fingerprint density at radius 2 is 2.06 bits per heavy atom. The lowest BCUT2D eigenvalue weighted by Gasteiger charge is -2.13. The third-order valence-corrected chi connectivity index (χ3v) is 6.72. The van der Waals surface area contributed by atoms with Crippen LogP contribution in [0.1, 0.15) is 13.8 Å². The zero-order valence-corrected chi connectivity index (χ0v) is 18.8. The van der Waals surface area contributed by atoms with Crippen molar-refractivity contribution in [1.29, 1.82) is 0 Å². The van der Waals surface area contributed by atoms with E-state index in [4.69, 9.17) is 16.7 Å². The summed E-state index contributed by atoms with van der Waals surface area (Å²) in [6.45, 7) is 4.13. The van der Waals surface area contributed by atoms with Gasteiger partial charge in [0.1, 0.15) is 0 Å². The number of nitrogens with one attached hydrogen (secondary N) is 1. The minimum absolute atomic E-state index is 0.0455. The van der Waals surface area contributed by atoms with Gasteiger partial charge in [0.15, 0.2) is 5.16 Å². The highest BCUT2D eigenvalue weighted by Crippen LogP contribution is 2.31. The molecule has 0 aliphatic carbocycles. The molecule has 0 unspecified atom stereocenters. The lowest BCUT2D eigenvalue weighted by atomic mass is 10.2. The molecule has 0 fully saturated rings. The highest BCUT2D eigenvalue weighted by atomic mass is 35.5. The molecule has 1 atom stereocenters. The maximum atomic E-state index is 12.6. The lowest BCUT2D eigenvalue weighted by molar-refractivity contribution is -0.384. The number of aryl methyl sites for hydroxylation is 1. The molecule has 1 heterocycles. The van der Waals surface area contributed by atoms with Crippen molar-refractivity contribution < 1.29 is 18.1 Å². The zero-order chi connectivity index (χ0) is 22.9. The van der Waals surface area contributed by atoms with Crippen LogP contribution in [0.2, 0.25) is 5.02 Å². The predicted molar refractivity (Wildman–Crippen MR) is 119 cm³/mol. The van der Waals surface area contributed by atoms with Crippen molar-refractivity contribution in [3.05, 3.63) is 51.5 Å². The van der Waals surface area contributed by atoms with Crippen LogP contribution in [0.25, 0.3) is 11.0 Å². The molecular weight excluding hydrogens is 466 g/mol. The highest BCUT2D eigenvalue weighted by Gasteiger charge is 2.21. The number of rotatable bonds is 7. The standard InChI is InChI=1S/C18H18ClN5O5S2/c1-3-23-16-7-5-12(31(20,28)29)9-15(16)22-18(23)30-10(2)17(25)21-14-6-4-11(24(26)27)8-13(14)19/h4-10H,3H2,1-2H3,(H,21,25)(H2,20,28,29)/t10-/m1/s1. The molecule has 1 aromatic heterocycles. The molecule has 13 heteroatoms. The third kappa shape index (κ3) is 4.98. The third-order valence-electron chi connectivity index (χ3n) is 4.40. The van der Waals surface area contributed by atoms with Crippen LogP contribution in [0.3, 0.4) is 0 Å². The van der Waals surface area contributed by atoms with Crippen molar-refractivity contribution in [2.24, 2.45) is 5.14 Å². The molecule has 0 radical (unpaired) electrons. The number of carbonyl (C=O) groups is 1. The topological polar surface area (TPSA) is 150 Å². The van der Waals surface area contributed by atoms with Gasteiger partial charge in [-0.3, -0.25) is 14.9 Å². The summed E-state index contributed by atoms with van der Waals surface area (Å²) in [5.74, 6) is -0.374. The van der Waals surface area contributed by atoms with Gasteiger partial charge in [0.25, 0.3) is 5.69 Å². The number of anilines is 1. The molecule has 2 aromatic carbocycles. The summed E-state index contributed by atoms with van der Waals surface area (Å²) in [7, 11) is -3.86. The van der Waals surface area contributed by atoms with E-state index in [2.05, 4.69) is 10.3 Å². The predicted octanol–water partition coefficient (Wildman–Crippen LogP) is 3.38. The Labute approximate surface area is 187 Å². The van der Waals surface area contributed by atoms with Gasteiger partial charge >= 0.3 is 0 Å². The Morgan fingerprint density at radius 3 is 2.65 bits per heavy atom. The molecule has 1 amide bonds. The largest absolute Gasteiger partial charge is 0.324 e. The first-order valence-corrected chi connectivity index (χ1v) is 11.8. The monoisotopic (exact) mass is 483 g/mol. The first-order chi connectivity index (χ1) is 14.5. The molecule has 0 saturated heterocycles. The summed E-state index contributed by atoms with van der Waals surface area (Å²) in [5, 5.41) is 18.6. The van der Waals surface area contributed by atoms with E-state index < -0.39 is 20.2 Å². The number of carbonyl (C=O) groups excluding carboxylic acids is 1. The van der Waals surface area contributed by atoms with Crippen LogP contribution in [-0.4, -0.2) is 34.0 Å². The maximum absolute atomic E-state index is 12.6. The fraction of sp³-hybridized carbons (Fsp3) is 0.222. The summed E-state index contributed by atoms with van der Waals surface area (Å²) in [6.07, 6.45) is 0. The number of nitrogens with zero attached hydrogens (tertiary/aromatic N) is 3. The SMILES string of the molecule is CCn1c(S[C@H](C)C(=O)Nc2ccc([N+](=O)[O-])cc2Cl)nc2cc(S(N)(=O)=O)ccc21. The molecule has 3 rings (SSSR count). The average molecular weight is 484 g/mol. The Hall–Kier alpha value is -2.67. The molecule has 3 N–H and O–H groups in total. The van der Waals surface area contributed by atoms with Gasteiger partial charge in [0.2, 0.25) is 15.9 Å². The van der Waals surface area contributed by atoms with E-state index in [9.17, 15) is 23.3 Å². The maximum Gasteiger partial charge on any atom is 0.271 e. The number of non-ortho nitro benzene ring substituents is 1. The van der Waals surface area contributed by atoms with Gasteiger partial charge in [-0.1, -0.05) is 23.4 Å². The number of nitro benzene ring substituents is 1. The van der Waals surface area contributed by atoms with Crippen LogP contribution in [0.5, 0.6) is 0 Å². The molecule has 0 saturated carbocycles. The molecule has 3 aromatic rings. The molecule has 10 nitrogen and oxygen atoms in total. The zero-order valence-electron chi connectivity index (χ0n) is 16.4. The second-order valence-electron chi connectivity index (χ2n) is 6.50. The molecule has 31 heavy (non-hydrogen) atoms. The van der Waals surface area contributed by atoms with Crippen molar-refractivity contribution >= 4 is 61.7 Å². The Bertz CT molecular complexity index is 1290. The van der Waals surface area contributed by atoms with E-state index in [0.717, 1.165) is 6.07 Å². The fourth-order valence-corrected chi connectivity index (χ4v) is 4.57. The van der Waals surface area contributed by atoms with Crippen LogP contribution in [-0.2, 0) is 21.4 Å². The summed E-state index contributed by atoms with van der Waals surface area (Å²) >= 11 is 7.22. The normalized spacial score (nSPS) is 12.6. The van der Waals surface area contributed by atoms with Crippen molar-refractivity contribution in [2.45, 2.75) is 35.7 Å². The number of benzene rings is 2. The minimum Gasteiger partial charge on any atom is -0.324 e. The van der Waals surface area contributed by atoms with E-state index in [1.165, 1.54) is 36.0 Å². The summed E-state index contributed by atoms with van der Waals surface area (Å²) in [5.41, 5.74) is 1.23. The van der Waals surface area contributed by atoms with Crippen LogP contribution >= 0.6 is 23.4 Å². The number of hydrogen-bond donors (Lipinski definition) is 2. The number of amides is 1. The highest BCUT2D eigenvalue weighted by molar-refractivity contribution is 8.00. The molecule has 0 spiro atoms. The number of nitrogens with two attached hydrogens (primary N) is 1. The number of halogens is 1. The number of aromatic nitrogens is 2. The molecular formula is C18H18ClN5O5S2. The number of thioether (sulfide) groups is 1. The van der Waals surface area contributed by atoms with Gasteiger partial charge in [-0.15, -0.1) is 0 Å². The summed E-state index contributed by atoms with van der Waals surface area (Å²) in [6, 6.07) is 8.20. The minimum atomic E-state index is -3.86. The summed E-state index contributed by atoms with van der Waals surface area (Å²) < 4.78 is 25.1. The number of primary sulfonamides is 1. The molecule has 0 aliphatic heterocycles. The second kappa shape index (κ2) is 8.83. The van der Waals surface area contributed by atoms with Crippen LogP contribution in [0, 0.1) is 10.1 Å². The first-order valence-electron chi connectivity index (χ1n) is 8.95. The smallest absolute Gasteiger partial charge is 0.271 e. The molecule has 0 aliphatic rings. The Morgan fingerprint density at radius 1 is 1.35 bits per heavy atom. The first kappa shape index (κ1) is 23.0. The van der Waals surface area contributed by atoms with Crippen LogP contribution in [0.15, 0.2) is 46.5 Å². The Balaban J connectivity index is 1.83. The molecule has 164 valence electrons. The van der Waals surface area contributed by atoms with Gasteiger partial charge in [0, 0.05) is 18.7 Å². The second-order valence-corrected chi connectivity index (χ2v) is 9.78. The van der Waals surface area contributed by atoms with E-state index in [0.29, 0.717) is 22.7 Å². The van der Waals surface area contributed by atoms with Crippen molar-refractivity contribution in [3.63, 3.8) is 0 Å². The number of imidazole rings is 1. The fourth-order valence-electron chi connectivity index (χ4n) is 2.82.